The van der Waals surface area contributed by atoms with Gasteiger partial charge < -0.3 is 9.15 Å². The maximum absolute atomic E-state index is 5.48. The highest BCUT2D eigenvalue weighted by Crippen LogP contribution is 2.22. The minimum atomic E-state index is 0.510. The van der Waals surface area contributed by atoms with Crippen LogP contribution in [0.3, 0.4) is 0 Å². The fourth-order valence-electron chi connectivity index (χ4n) is 1.32. The van der Waals surface area contributed by atoms with E-state index in [4.69, 9.17) is 9.15 Å². The van der Waals surface area contributed by atoms with E-state index in [9.17, 15) is 0 Å². The Bertz CT molecular complexity index is 471. The first-order valence-corrected chi connectivity index (χ1v) is 5.54. The van der Waals surface area contributed by atoms with Crippen molar-refractivity contribution in [3.05, 3.63) is 30.2 Å². The average Bonchev–Trinajstić information content (AvgIpc) is 2.78. The van der Waals surface area contributed by atoms with Crippen molar-refractivity contribution in [1.82, 2.24) is 10.2 Å². The molecule has 1 aromatic carbocycles. The van der Waals surface area contributed by atoms with E-state index in [0.717, 1.165) is 11.3 Å². The second-order valence-corrected chi connectivity index (χ2v) is 3.65. The zero-order valence-electron chi connectivity index (χ0n) is 8.88. The largest absolute Gasteiger partial charge is 0.497 e. The predicted molar refractivity (Wildman–Crippen MR) is 63.8 cm³/mol. The van der Waals surface area contributed by atoms with Crippen molar-refractivity contribution in [2.45, 2.75) is 6.42 Å². The van der Waals surface area contributed by atoms with E-state index in [1.807, 2.05) is 24.3 Å². The second-order valence-electron chi connectivity index (χ2n) is 3.21. The maximum Gasteiger partial charge on any atom is 0.247 e. The topological polar surface area (TPSA) is 48.2 Å². The van der Waals surface area contributed by atoms with Crippen LogP contribution in [0.5, 0.6) is 5.75 Å². The fourth-order valence-corrected chi connectivity index (χ4v) is 1.51. The van der Waals surface area contributed by atoms with Gasteiger partial charge in [-0.1, -0.05) is 6.07 Å². The molecule has 1 aromatic heterocycles. The summed E-state index contributed by atoms with van der Waals surface area (Å²) < 4.78 is 10.6. The van der Waals surface area contributed by atoms with Crippen molar-refractivity contribution in [3.8, 4) is 17.2 Å². The Balaban J connectivity index is 2.27. The van der Waals surface area contributed by atoms with Crippen LogP contribution in [0.2, 0.25) is 0 Å². The highest BCUT2D eigenvalue weighted by molar-refractivity contribution is 7.80. The maximum atomic E-state index is 5.48. The van der Waals surface area contributed by atoms with Crippen LogP contribution in [0, 0.1) is 0 Å². The molecule has 0 atom stereocenters. The van der Waals surface area contributed by atoms with Crippen molar-refractivity contribution >= 4 is 12.6 Å². The van der Waals surface area contributed by atoms with Crippen LogP contribution >= 0.6 is 12.6 Å². The second kappa shape index (κ2) is 5.03. The number of nitrogens with zero attached hydrogens (tertiary/aromatic N) is 2. The average molecular weight is 236 g/mol. The van der Waals surface area contributed by atoms with E-state index >= 15 is 0 Å². The molecule has 4 nitrogen and oxygen atoms in total. The molecule has 0 N–H and O–H groups in total. The molecule has 84 valence electrons. The van der Waals surface area contributed by atoms with Gasteiger partial charge in [0.15, 0.2) is 0 Å². The number of rotatable bonds is 4. The molecule has 0 saturated heterocycles. The lowest BCUT2D eigenvalue weighted by atomic mass is 10.2. The van der Waals surface area contributed by atoms with Gasteiger partial charge in [0.1, 0.15) is 5.75 Å². The first-order valence-electron chi connectivity index (χ1n) is 4.91. The summed E-state index contributed by atoms with van der Waals surface area (Å²) in [6, 6.07) is 7.52. The molecule has 0 aliphatic heterocycles. The van der Waals surface area contributed by atoms with Crippen LogP contribution in [0.15, 0.2) is 28.7 Å². The molecule has 0 aliphatic carbocycles. The number of aromatic nitrogens is 2. The van der Waals surface area contributed by atoms with Crippen LogP contribution in [-0.4, -0.2) is 23.1 Å². The number of methoxy groups -OCH3 is 1. The highest BCUT2D eigenvalue weighted by atomic mass is 32.1. The van der Waals surface area contributed by atoms with E-state index in [1.54, 1.807) is 7.11 Å². The van der Waals surface area contributed by atoms with Gasteiger partial charge in [-0.2, -0.15) is 12.6 Å². The summed E-state index contributed by atoms with van der Waals surface area (Å²) in [6.45, 7) is 0. The first-order chi connectivity index (χ1) is 7.83. The van der Waals surface area contributed by atoms with E-state index < -0.39 is 0 Å². The van der Waals surface area contributed by atoms with Crippen LogP contribution in [0.1, 0.15) is 5.89 Å². The van der Waals surface area contributed by atoms with Crippen LogP contribution in [-0.2, 0) is 6.42 Å². The zero-order valence-corrected chi connectivity index (χ0v) is 9.78. The lowest BCUT2D eigenvalue weighted by molar-refractivity contribution is 0.414. The number of hydrogen-bond donors (Lipinski definition) is 1. The Kier molecular flexibility index (Phi) is 3.46. The van der Waals surface area contributed by atoms with Crippen LogP contribution in [0.4, 0.5) is 0 Å². The summed E-state index contributed by atoms with van der Waals surface area (Å²) in [6.07, 6.45) is 0.681. The lowest BCUT2D eigenvalue weighted by Crippen LogP contribution is -1.84. The Labute approximate surface area is 99.1 Å². The normalized spacial score (nSPS) is 10.4. The van der Waals surface area contributed by atoms with Gasteiger partial charge in [-0.05, 0) is 24.0 Å². The molecule has 2 rings (SSSR count). The van der Waals surface area contributed by atoms with Crippen molar-refractivity contribution in [2.24, 2.45) is 0 Å². The fraction of sp³-hybridized carbons (Fsp3) is 0.273. The monoisotopic (exact) mass is 236 g/mol. The van der Waals surface area contributed by atoms with Crippen LogP contribution in [0.25, 0.3) is 11.5 Å². The molecular formula is C11H12N2O2S. The summed E-state index contributed by atoms with van der Waals surface area (Å²) in [5, 5.41) is 7.91. The predicted octanol–water partition coefficient (Wildman–Crippen LogP) is 2.22. The molecule has 0 aliphatic rings. The van der Waals surface area contributed by atoms with E-state index in [0.29, 0.717) is 24.0 Å². The molecule has 16 heavy (non-hydrogen) atoms. The number of hydrogen-bond acceptors (Lipinski definition) is 5. The van der Waals surface area contributed by atoms with E-state index in [1.165, 1.54) is 0 Å². The summed E-state index contributed by atoms with van der Waals surface area (Å²) in [5.41, 5.74) is 0.859. The molecule has 0 spiro atoms. The first kappa shape index (κ1) is 11.0. The van der Waals surface area contributed by atoms with Crippen molar-refractivity contribution in [3.63, 3.8) is 0 Å². The van der Waals surface area contributed by atoms with Crippen LogP contribution < -0.4 is 4.74 Å². The zero-order chi connectivity index (χ0) is 11.4. The van der Waals surface area contributed by atoms with Gasteiger partial charge in [-0.25, -0.2) is 0 Å². The van der Waals surface area contributed by atoms with Gasteiger partial charge in [0.2, 0.25) is 11.8 Å². The number of ether oxygens (including phenoxy) is 1. The van der Waals surface area contributed by atoms with Crippen molar-refractivity contribution < 1.29 is 9.15 Å². The Morgan fingerprint density at radius 3 is 3.00 bits per heavy atom. The van der Waals surface area contributed by atoms with Crippen molar-refractivity contribution in [1.29, 1.82) is 0 Å². The third-order valence-corrected chi connectivity index (χ3v) is 2.33. The lowest BCUT2D eigenvalue weighted by Gasteiger charge is -1.99. The Morgan fingerprint density at radius 2 is 2.25 bits per heavy atom. The Morgan fingerprint density at radius 1 is 1.38 bits per heavy atom. The number of benzene rings is 1. The molecule has 0 saturated carbocycles. The molecule has 5 heteroatoms. The SMILES string of the molecule is COc1cccc(-c2nnc(CCS)o2)c1. The summed E-state index contributed by atoms with van der Waals surface area (Å²) in [7, 11) is 1.62. The Hall–Kier alpha value is -1.49. The quantitative estimate of drug-likeness (QED) is 0.827. The molecule has 1 heterocycles. The third-order valence-electron chi connectivity index (χ3n) is 2.11. The molecule has 0 fully saturated rings. The van der Waals surface area contributed by atoms with Gasteiger partial charge in [0.25, 0.3) is 0 Å². The van der Waals surface area contributed by atoms with E-state index in [-0.39, 0.29) is 0 Å². The van der Waals surface area contributed by atoms with Gasteiger partial charge in [-0.15, -0.1) is 10.2 Å². The summed E-state index contributed by atoms with van der Waals surface area (Å²) >= 11 is 4.11. The molecule has 0 radical (unpaired) electrons. The molecule has 2 aromatic rings. The molecule has 0 amide bonds. The van der Waals surface area contributed by atoms with Crippen molar-refractivity contribution in [2.75, 3.05) is 12.9 Å². The van der Waals surface area contributed by atoms with Gasteiger partial charge in [-0.3, -0.25) is 0 Å². The van der Waals surface area contributed by atoms with Gasteiger partial charge in [0.05, 0.1) is 7.11 Å². The summed E-state index contributed by atoms with van der Waals surface area (Å²) in [5.74, 6) is 2.58. The van der Waals surface area contributed by atoms with Gasteiger partial charge in [0, 0.05) is 12.0 Å². The minimum absolute atomic E-state index is 0.510. The molecule has 0 unspecified atom stereocenters. The van der Waals surface area contributed by atoms with E-state index in [2.05, 4.69) is 22.8 Å². The summed E-state index contributed by atoms with van der Waals surface area (Å²) in [4.78, 5) is 0. The number of aryl methyl sites for hydroxylation is 1. The third kappa shape index (κ3) is 2.36. The number of thiol groups is 1. The molecular weight excluding hydrogens is 224 g/mol. The smallest absolute Gasteiger partial charge is 0.247 e. The highest BCUT2D eigenvalue weighted by Gasteiger charge is 2.08. The minimum Gasteiger partial charge on any atom is -0.497 e. The van der Waals surface area contributed by atoms with Gasteiger partial charge >= 0.3 is 0 Å². The molecule has 0 bridgehead atoms. The standard InChI is InChI=1S/C11H12N2O2S/c1-14-9-4-2-3-8(7-9)11-13-12-10(15-11)5-6-16/h2-4,7,16H,5-6H2,1H3.